The van der Waals surface area contributed by atoms with Gasteiger partial charge in [-0.25, -0.2) is 0 Å². The molecule has 1 nitrogen and oxygen atoms in total. The Morgan fingerprint density at radius 2 is 2.00 bits per heavy atom. The third-order valence-electron chi connectivity index (χ3n) is 1.55. The molecule has 0 saturated carbocycles. The third kappa shape index (κ3) is 3.26. The molecule has 0 spiro atoms. The molecule has 0 atom stereocenters. The van der Waals surface area contributed by atoms with E-state index in [1.165, 1.54) is 5.57 Å². The molecule has 0 unspecified atom stereocenters. The molecule has 0 fully saturated rings. The highest BCUT2D eigenvalue weighted by Crippen LogP contribution is 2.11. The Hall–Kier alpha value is -0.720. The maximum absolute atomic E-state index is 3.86. The van der Waals surface area contributed by atoms with Gasteiger partial charge < -0.3 is 4.90 Å². The van der Waals surface area contributed by atoms with Crippen molar-refractivity contribution in [2.24, 2.45) is 0 Å². The van der Waals surface area contributed by atoms with Crippen LogP contribution >= 0.6 is 0 Å². The fourth-order valence-corrected chi connectivity index (χ4v) is 0.896. The molecule has 64 valence electrons. The Morgan fingerprint density at radius 3 is 2.18 bits per heavy atom. The summed E-state index contributed by atoms with van der Waals surface area (Å²) in [5.41, 5.74) is 1.21. The first-order valence-electron chi connectivity index (χ1n) is 4.32. The Morgan fingerprint density at radius 1 is 1.45 bits per heavy atom. The van der Waals surface area contributed by atoms with E-state index >= 15 is 0 Å². The van der Waals surface area contributed by atoms with Crippen molar-refractivity contribution in [1.82, 2.24) is 4.90 Å². The first-order valence-corrected chi connectivity index (χ1v) is 4.32. The predicted molar refractivity (Wildman–Crippen MR) is 51.5 cm³/mol. The van der Waals surface area contributed by atoms with Gasteiger partial charge in [0.05, 0.1) is 0 Å². The first kappa shape index (κ1) is 10.3. The minimum Gasteiger partial charge on any atom is -0.371 e. The lowest BCUT2D eigenvalue weighted by molar-refractivity contribution is 0.351. The zero-order chi connectivity index (χ0) is 8.85. The van der Waals surface area contributed by atoms with Crippen LogP contribution in [-0.2, 0) is 0 Å². The molecule has 0 aromatic carbocycles. The minimum absolute atomic E-state index is 0.612. The fourth-order valence-electron chi connectivity index (χ4n) is 0.896. The van der Waals surface area contributed by atoms with E-state index in [0.29, 0.717) is 6.04 Å². The molecule has 1 heterocycles. The normalized spacial score (nSPS) is 15.4. The highest BCUT2D eigenvalue weighted by Gasteiger charge is 2.09. The van der Waals surface area contributed by atoms with Crippen LogP contribution in [0, 0.1) is 0 Å². The summed E-state index contributed by atoms with van der Waals surface area (Å²) in [6.45, 7) is 13.2. The zero-order valence-electron chi connectivity index (χ0n) is 8.09. The first-order chi connectivity index (χ1) is 5.20. The molecule has 1 aliphatic rings. The molecule has 0 radical (unpaired) electrons. The van der Waals surface area contributed by atoms with Gasteiger partial charge in [0.1, 0.15) is 0 Å². The van der Waals surface area contributed by atoms with Crippen molar-refractivity contribution in [2.75, 3.05) is 6.54 Å². The molecular weight excluding hydrogens is 134 g/mol. The zero-order valence-corrected chi connectivity index (χ0v) is 8.09. The van der Waals surface area contributed by atoms with Crippen molar-refractivity contribution in [3.8, 4) is 0 Å². The summed E-state index contributed by atoms with van der Waals surface area (Å²) in [6.07, 6.45) is 4.17. The molecule has 11 heavy (non-hydrogen) atoms. The average Bonchev–Trinajstić information content (AvgIpc) is 2.40. The molecular formula is C10H19N. The molecule has 0 aromatic rings. The van der Waals surface area contributed by atoms with Gasteiger partial charge in [-0.3, -0.25) is 0 Å². The lowest BCUT2D eigenvalue weighted by atomic mass is 10.3. The predicted octanol–water partition coefficient (Wildman–Crippen LogP) is 2.81. The monoisotopic (exact) mass is 153 g/mol. The second-order valence-electron chi connectivity index (χ2n) is 2.74. The lowest BCUT2D eigenvalue weighted by Gasteiger charge is -2.19. The van der Waals surface area contributed by atoms with E-state index in [1.54, 1.807) is 0 Å². The molecule has 1 heteroatoms. The van der Waals surface area contributed by atoms with E-state index in [0.717, 1.165) is 6.54 Å². The highest BCUT2D eigenvalue weighted by atomic mass is 15.1. The lowest BCUT2D eigenvalue weighted by Crippen LogP contribution is -2.23. The Balaban J connectivity index is 0.000000461. The number of nitrogens with zero attached hydrogens (tertiary/aromatic N) is 1. The van der Waals surface area contributed by atoms with Gasteiger partial charge in [0.25, 0.3) is 0 Å². The summed E-state index contributed by atoms with van der Waals surface area (Å²) in [5.74, 6) is 0. The molecule has 0 bridgehead atoms. The largest absolute Gasteiger partial charge is 0.371 e. The van der Waals surface area contributed by atoms with Crippen LogP contribution in [0.1, 0.15) is 27.7 Å². The summed E-state index contributed by atoms with van der Waals surface area (Å²) < 4.78 is 0. The van der Waals surface area contributed by atoms with Gasteiger partial charge in [-0.15, -0.1) is 0 Å². The second kappa shape index (κ2) is 5.00. The summed E-state index contributed by atoms with van der Waals surface area (Å²) in [4.78, 5) is 2.27. The van der Waals surface area contributed by atoms with Gasteiger partial charge in [-0.1, -0.05) is 20.4 Å². The molecule has 1 rings (SSSR count). The van der Waals surface area contributed by atoms with Crippen LogP contribution in [0.4, 0.5) is 0 Å². The Bertz CT molecular complexity index is 145. The van der Waals surface area contributed by atoms with Crippen molar-refractivity contribution in [3.63, 3.8) is 0 Å². The average molecular weight is 153 g/mol. The van der Waals surface area contributed by atoms with Gasteiger partial charge in [-0.05, 0) is 31.7 Å². The summed E-state index contributed by atoms with van der Waals surface area (Å²) in [6, 6.07) is 0.612. The number of hydrogen-bond donors (Lipinski definition) is 0. The van der Waals surface area contributed by atoms with E-state index in [4.69, 9.17) is 0 Å². The maximum Gasteiger partial charge on any atom is 0.0421 e. The minimum atomic E-state index is 0.612. The van der Waals surface area contributed by atoms with Crippen LogP contribution in [-0.4, -0.2) is 17.5 Å². The van der Waals surface area contributed by atoms with Crippen LogP contribution in [0.2, 0.25) is 0 Å². The molecule has 1 aliphatic heterocycles. The van der Waals surface area contributed by atoms with Crippen molar-refractivity contribution in [1.29, 1.82) is 0 Å². The van der Waals surface area contributed by atoms with E-state index in [-0.39, 0.29) is 0 Å². The molecule has 0 aromatic heterocycles. The summed E-state index contributed by atoms with van der Waals surface area (Å²) in [7, 11) is 0. The number of hydrogen-bond acceptors (Lipinski definition) is 1. The van der Waals surface area contributed by atoms with Crippen molar-refractivity contribution < 1.29 is 0 Å². The van der Waals surface area contributed by atoms with Crippen molar-refractivity contribution >= 4 is 0 Å². The van der Waals surface area contributed by atoms with Crippen LogP contribution in [0.5, 0.6) is 0 Å². The Kier molecular flexibility index (Phi) is 4.67. The van der Waals surface area contributed by atoms with Gasteiger partial charge in [-0.2, -0.15) is 0 Å². The molecule has 0 N–H and O–H groups in total. The molecule has 0 saturated heterocycles. The highest BCUT2D eigenvalue weighted by molar-refractivity contribution is 5.22. The summed E-state index contributed by atoms with van der Waals surface area (Å²) >= 11 is 0. The van der Waals surface area contributed by atoms with Crippen molar-refractivity contribution in [2.45, 2.75) is 33.7 Å². The van der Waals surface area contributed by atoms with E-state index in [9.17, 15) is 0 Å². The fraction of sp³-hybridized carbons (Fsp3) is 0.600. The third-order valence-corrected chi connectivity index (χ3v) is 1.55. The van der Waals surface area contributed by atoms with Crippen LogP contribution in [0.15, 0.2) is 24.4 Å². The maximum atomic E-state index is 3.86. The van der Waals surface area contributed by atoms with Gasteiger partial charge >= 0.3 is 0 Å². The molecule has 0 aliphatic carbocycles. The van der Waals surface area contributed by atoms with E-state index in [2.05, 4.69) is 37.6 Å². The van der Waals surface area contributed by atoms with Gasteiger partial charge in [0.15, 0.2) is 0 Å². The van der Waals surface area contributed by atoms with Crippen LogP contribution < -0.4 is 0 Å². The second-order valence-corrected chi connectivity index (χ2v) is 2.74. The van der Waals surface area contributed by atoms with Gasteiger partial charge in [0.2, 0.25) is 0 Å². The van der Waals surface area contributed by atoms with Crippen LogP contribution in [0.25, 0.3) is 0 Å². The Labute approximate surface area is 70.4 Å². The van der Waals surface area contributed by atoms with Crippen molar-refractivity contribution in [3.05, 3.63) is 24.4 Å². The smallest absolute Gasteiger partial charge is 0.0421 e. The SMILES string of the molecule is C=C1C=CN(C(C)C)C1.CC. The van der Waals surface area contributed by atoms with E-state index < -0.39 is 0 Å². The van der Waals surface area contributed by atoms with E-state index in [1.807, 2.05) is 13.8 Å². The molecule has 0 amide bonds. The summed E-state index contributed by atoms with van der Waals surface area (Å²) in [5, 5.41) is 0. The van der Waals surface area contributed by atoms with Crippen LogP contribution in [0.3, 0.4) is 0 Å². The number of rotatable bonds is 1. The quantitative estimate of drug-likeness (QED) is 0.560. The topological polar surface area (TPSA) is 3.24 Å². The standard InChI is InChI=1S/C8H13N.C2H6/c1-7(2)9-5-4-8(3)6-9;1-2/h4-5,7H,3,6H2,1-2H3;1-2H3. The van der Waals surface area contributed by atoms with Gasteiger partial charge in [0, 0.05) is 12.6 Å².